The van der Waals surface area contributed by atoms with Crippen molar-refractivity contribution in [1.29, 1.82) is 0 Å². The molecule has 0 aromatic heterocycles. The molecule has 0 amide bonds. The van der Waals surface area contributed by atoms with Crippen LogP contribution < -0.4 is 0 Å². The second kappa shape index (κ2) is 3.50. The summed E-state index contributed by atoms with van der Waals surface area (Å²) in [5, 5.41) is 20.7. The molecule has 76 valence electrons. The van der Waals surface area contributed by atoms with Crippen molar-refractivity contribution in [3.8, 4) is 0 Å². The predicted octanol–water partition coefficient (Wildman–Crippen LogP) is 0.446. The first-order valence-corrected chi connectivity index (χ1v) is 5.06. The van der Waals surface area contributed by atoms with Crippen LogP contribution in [0.5, 0.6) is 0 Å². The minimum absolute atomic E-state index is 0.380. The van der Waals surface area contributed by atoms with Gasteiger partial charge in [-0.05, 0) is 12.1 Å². The van der Waals surface area contributed by atoms with Crippen molar-refractivity contribution >= 4 is 10.3 Å². The van der Waals surface area contributed by atoms with E-state index in [0.29, 0.717) is 0 Å². The van der Waals surface area contributed by atoms with Crippen LogP contribution in [0.25, 0.3) is 0 Å². The third kappa shape index (κ3) is 1.46. The molecule has 0 saturated heterocycles. The second-order valence-electron chi connectivity index (χ2n) is 2.36. The summed E-state index contributed by atoms with van der Waals surface area (Å²) < 4.78 is 8.73. The zero-order valence-corrected chi connectivity index (χ0v) is 7.66. The molecule has 0 heterocycles. The average Bonchev–Trinajstić information content (AvgIpc) is 2.17. The van der Waals surface area contributed by atoms with Crippen LogP contribution in [0.3, 0.4) is 0 Å². The number of nitrogens with zero attached hydrogens (tertiary/aromatic N) is 2. The Labute approximate surface area is 79.4 Å². The molecule has 0 aliphatic heterocycles. The lowest BCUT2D eigenvalue weighted by Gasteiger charge is -2.07. The minimum atomic E-state index is -4.77. The number of hydrogen-bond acceptors (Lipinski definition) is 5. The van der Waals surface area contributed by atoms with Gasteiger partial charge in [-0.1, -0.05) is 18.2 Å². The van der Waals surface area contributed by atoms with Crippen molar-refractivity contribution in [2.24, 2.45) is 0 Å². The molecule has 7 nitrogen and oxygen atoms in total. The number of benzene rings is 1. The number of hydrogen-bond donors (Lipinski definition) is 1. The minimum Gasteiger partial charge on any atom is -0.246 e. The summed E-state index contributed by atoms with van der Waals surface area (Å²) in [6, 6.07) is 6.44. The Morgan fingerprint density at radius 3 is 1.79 bits per heavy atom. The topological polar surface area (TPSA) is 103 Å². The maximum atomic E-state index is 11.4. The normalized spacial score (nSPS) is 12.0. The van der Waals surface area contributed by atoms with Crippen LogP contribution in [-0.2, 0) is 10.3 Å². The van der Waals surface area contributed by atoms with E-state index in [4.69, 9.17) is 0 Å². The molecule has 0 aliphatic rings. The van der Waals surface area contributed by atoms with Crippen LogP contribution in [0, 0.1) is 20.2 Å². The maximum Gasteiger partial charge on any atom is 0.351 e. The monoisotopic (exact) mass is 218 g/mol. The average molecular weight is 218 g/mol. The highest BCUT2D eigenvalue weighted by Crippen LogP contribution is 2.19. The summed E-state index contributed by atoms with van der Waals surface area (Å²) in [6.07, 6.45) is 0. The van der Waals surface area contributed by atoms with E-state index in [1.165, 1.54) is 18.2 Å². The van der Waals surface area contributed by atoms with Gasteiger partial charge in [0.1, 0.15) is 4.90 Å². The molecule has 0 spiro atoms. The Hall–Kier alpha value is -1.83. The van der Waals surface area contributed by atoms with Gasteiger partial charge >= 0.3 is 10.3 Å². The smallest absolute Gasteiger partial charge is 0.246 e. The summed E-state index contributed by atoms with van der Waals surface area (Å²) in [4.78, 5) is 20.3. The third-order valence-electron chi connectivity index (χ3n) is 1.54. The second-order valence-corrected chi connectivity index (χ2v) is 4.61. The van der Waals surface area contributed by atoms with Crippen LogP contribution in [0.4, 0.5) is 0 Å². The van der Waals surface area contributed by atoms with Crippen molar-refractivity contribution in [3.63, 3.8) is 0 Å². The zero-order valence-electron chi connectivity index (χ0n) is 6.77. The Morgan fingerprint density at radius 1 is 1.00 bits per heavy atom. The van der Waals surface area contributed by atoms with Gasteiger partial charge in [0.25, 0.3) is 0 Å². The highest BCUT2D eigenvalue weighted by Gasteiger charge is 2.39. The van der Waals surface area contributed by atoms with Crippen LogP contribution in [-0.4, -0.2) is 12.9 Å². The quantitative estimate of drug-likeness (QED) is 0.450. The lowest BCUT2D eigenvalue weighted by Crippen LogP contribution is -2.30. The van der Waals surface area contributed by atoms with Crippen molar-refractivity contribution in [2.45, 2.75) is 4.90 Å². The first kappa shape index (κ1) is 10.3. The van der Waals surface area contributed by atoms with Crippen LogP contribution in [0.15, 0.2) is 35.2 Å². The SMILES string of the molecule is O=[N+]([O-])[SH](=O)(c1ccccc1)[N+](=O)[O-]. The van der Waals surface area contributed by atoms with E-state index < -0.39 is 19.0 Å². The van der Waals surface area contributed by atoms with Crippen molar-refractivity contribution < 1.29 is 12.9 Å². The molecule has 0 N–H and O–H groups in total. The molecule has 1 aromatic carbocycles. The van der Waals surface area contributed by atoms with E-state index in [2.05, 4.69) is 0 Å². The molecule has 8 heteroatoms. The summed E-state index contributed by atoms with van der Waals surface area (Å²) in [5.41, 5.74) is 0. The summed E-state index contributed by atoms with van der Waals surface area (Å²) in [6.45, 7) is 0. The van der Waals surface area contributed by atoms with E-state index in [0.717, 1.165) is 12.1 Å². The first-order valence-electron chi connectivity index (χ1n) is 3.45. The molecule has 14 heavy (non-hydrogen) atoms. The highest BCUT2D eigenvalue weighted by atomic mass is 32.3. The molecule has 0 atom stereocenters. The standard InChI is InChI=1S/C6H6N2O5S/c9-7(10)14(13,8(11)12)6-4-2-1-3-5-6/h1-5,14H. The summed E-state index contributed by atoms with van der Waals surface area (Å²) in [5.74, 6) is 0. The van der Waals surface area contributed by atoms with Gasteiger partial charge in [0.2, 0.25) is 0 Å². The van der Waals surface area contributed by atoms with E-state index in [9.17, 15) is 24.4 Å². The molecule has 1 rings (SSSR count). The van der Waals surface area contributed by atoms with Crippen molar-refractivity contribution in [3.05, 3.63) is 50.6 Å². The molecule has 0 radical (unpaired) electrons. The molecule has 1 aromatic rings. The van der Waals surface area contributed by atoms with Gasteiger partial charge in [0.15, 0.2) is 8.66 Å². The molecular formula is C6H6N2O5S. The summed E-state index contributed by atoms with van der Waals surface area (Å²) in [7, 11) is -4.77. The molecule has 0 aliphatic carbocycles. The van der Waals surface area contributed by atoms with E-state index in [-0.39, 0.29) is 4.90 Å². The van der Waals surface area contributed by atoms with Crippen LogP contribution in [0.2, 0.25) is 0 Å². The van der Waals surface area contributed by atoms with E-state index in [1.807, 2.05) is 0 Å². The lowest BCUT2D eigenvalue weighted by atomic mass is 10.4. The molecule has 0 fully saturated rings. The molecule has 0 bridgehead atoms. The van der Waals surface area contributed by atoms with Gasteiger partial charge in [-0.15, -0.1) is 0 Å². The van der Waals surface area contributed by atoms with Gasteiger partial charge in [-0.25, -0.2) is 20.2 Å². The predicted molar refractivity (Wildman–Crippen MR) is 48.2 cm³/mol. The number of thiol groups is 1. The van der Waals surface area contributed by atoms with Crippen molar-refractivity contribution in [2.75, 3.05) is 0 Å². The Balaban J connectivity index is 3.35. The zero-order chi connectivity index (χ0) is 10.8. The van der Waals surface area contributed by atoms with Gasteiger partial charge in [-0.3, -0.25) is 0 Å². The van der Waals surface area contributed by atoms with Gasteiger partial charge in [-0.2, -0.15) is 4.21 Å². The number of nitro groups is 2. The molecular weight excluding hydrogens is 212 g/mol. The van der Waals surface area contributed by atoms with Gasteiger partial charge in [0, 0.05) is 0 Å². The van der Waals surface area contributed by atoms with Crippen LogP contribution in [0.1, 0.15) is 0 Å². The fraction of sp³-hybridized carbons (Fsp3) is 0. The van der Waals surface area contributed by atoms with E-state index >= 15 is 0 Å². The van der Waals surface area contributed by atoms with Gasteiger partial charge in [0.05, 0.1) is 0 Å². The van der Waals surface area contributed by atoms with E-state index in [1.54, 1.807) is 0 Å². The fourth-order valence-corrected chi connectivity index (χ4v) is 1.93. The Morgan fingerprint density at radius 2 is 1.43 bits per heavy atom. The largest absolute Gasteiger partial charge is 0.351 e. The van der Waals surface area contributed by atoms with Gasteiger partial charge < -0.3 is 0 Å². The molecule has 0 saturated carbocycles. The van der Waals surface area contributed by atoms with Crippen molar-refractivity contribution in [1.82, 2.24) is 0 Å². The maximum absolute atomic E-state index is 11.4. The summed E-state index contributed by atoms with van der Waals surface area (Å²) >= 11 is 0. The fourth-order valence-electron chi connectivity index (χ4n) is 0.870. The third-order valence-corrected chi connectivity index (χ3v) is 3.39. The first-order chi connectivity index (χ1) is 6.49. The van der Waals surface area contributed by atoms with Crippen LogP contribution >= 0.6 is 0 Å². The Bertz CT molecular complexity index is 399. The number of rotatable bonds is 3. The highest BCUT2D eigenvalue weighted by molar-refractivity contribution is 7.91. The molecule has 0 unspecified atom stereocenters. The Kier molecular flexibility index (Phi) is 2.56. The lowest BCUT2D eigenvalue weighted by molar-refractivity contribution is -0.420.